The smallest absolute Gasteiger partial charge is 0.294 e. The summed E-state index contributed by atoms with van der Waals surface area (Å²) in [6.07, 6.45) is 1.41. The highest BCUT2D eigenvalue weighted by molar-refractivity contribution is 5.84. The van der Waals surface area contributed by atoms with Crippen molar-refractivity contribution in [2.45, 2.75) is 6.92 Å². The first-order valence-electron chi connectivity index (χ1n) is 9.22. The molecule has 0 spiro atoms. The maximum Gasteiger partial charge on any atom is 0.294 e. The summed E-state index contributed by atoms with van der Waals surface area (Å²) in [5, 5.41) is 4.29. The lowest BCUT2D eigenvalue weighted by atomic mass is 10.2. The van der Waals surface area contributed by atoms with Crippen LogP contribution in [0.15, 0.2) is 46.3 Å². The van der Waals surface area contributed by atoms with Gasteiger partial charge < -0.3 is 19.0 Å². The highest BCUT2D eigenvalue weighted by Gasteiger charge is 2.13. The molecule has 0 saturated heterocycles. The molecule has 162 valence electrons. The molecular formula is C21H22N4O6. The second kappa shape index (κ2) is 9.61. The second-order valence-corrected chi connectivity index (χ2v) is 6.30. The summed E-state index contributed by atoms with van der Waals surface area (Å²) < 4.78 is 16.8. The molecule has 0 fully saturated rings. The predicted octanol–water partition coefficient (Wildman–Crippen LogP) is 1.31. The molecule has 1 N–H and O–H groups in total. The molecule has 0 aliphatic rings. The Morgan fingerprint density at radius 3 is 2.45 bits per heavy atom. The van der Waals surface area contributed by atoms with Crippen molar-refractivity contribution in [3.8, 4) is 17.2 Å². The Hall–Kier alpha value is -4.08. The maximum absolute atomic E-state index is 12.5. The van der Waals surface area contributed by atoms with Gasteiger partial charge in [-0.25, -0.2) is 10.4 Å². The standard InChI is InChI=1S/C21H22N4O6/c1-13-23-16-8-6-5-7-15(16)21(27)25(13)31-12-19(26)24-22-11-14-9-17(28-2)20(30-4)18(10-14)29-3/h5-11H,12H2,1-4H3,(H,24,26). The molecule has 1 heterocycles. The van der Waals surface area contributed by atoms with Crippen LogP contribution in [0.1, 0.15) is 11.4 Å². The Labute approximate surface area is 178 Å². The molecule has 0 aliphatic heterocycles. The molecule has 31 heavy (non-hydrogen) atoms. The van der Waals surface area contributed by atoms with Gasteiger partial charge in [0, 0.05) is 5.56 Å². The minimum atomic E-state index is -0.553. The van der Waals surface area contributed by atoms with Gasteiger partial charge in [-0.15, -0.1) is 4.73 Å². The summed E-state index contributed by atoms with van der Waals surface area (Å²) in [5.41, 5.74) is 3.12. The van der Waals surface area contributed by atoms with Gasteiger partial charge in [0.15, 0.2) is 18.1 Å². The van der Waals surface area contributed by atoms with Gasteiger partial charge in [0.2, 0.25) is 5.75 Å². The number of aromatic nitrogens is 2. The summed E-state index contributed by atoms with van der Waals surface area (Å²) in [5.74, 6) is 1.14. The minimum Gasteiger partial charge on any atom is -0.493 e. The maximum atomic E-state index is 12.5. The first kappa shape index (κ1) is 21.6. The van der Waals surface area contributed by atoms with E-state index in [-0.39, 0.29) is 0 Å². The fraction of sp³-hybridized carbons (Fsp3) is 0.238. The Morgan fingerprint density at radius 1 is 1.13 bits per heavy atom. The van der Waals surface area contributed by atoms with Crippen LogP contribution in [0.25, 0.3) is 10.9 Å². The van der Waals surface area contributed by atoms with Gasteiger partial charge in [-0.1, -0.05) is 12.1 Å². The highest BCUT2D eigenvalue weighted by atomic mass is 16.7. The Balaban J connectivity index is 1.67. The number of rotatable bonds is 8. The number of hydrogen-bond acceptors (Lipinski definition) is 8. The van der Waals surface area contributed by atoms with Crippen LogP contribution in [0, 0.1) is 6.92 Å². The van der Waals surface area contributed by atoms with Gasteiger partial charge in [0.05, 0.1) is 38.4 Å². The zero-order valence-corrected chi connectivity index (χ0v) is 17.5. The molecule has 2 aromatic carbocycles. The van der Waals surface area contributed by atoms with E-state index in [0.29, 0.717) is 39.5 Å². The van der Waals surface area contributed by atoms with Crippen LogP contribution < -0.4 is 30.0 Å². The van der Waals surface area contributed by atoms with E-state index in [1.54, 1.807) is 43.3 Å². The first-order valence-corrected chi connectivity index (χ1v) is 9.22. The molecule has 0 bridgehead atoms. The van der Waals surface area contributed by atoms with Crippen LogP contribution in [-0.2, 0) is 4.79 Å². The van der Waals surface area contributed by atoms with Crippen LogP contribution in [0.3, 0.4) is 0 Å². The molecule has 0 unspecified atom stereocenters. The van der Waals surface area contributed by atoms with E-state index < -0.39 is 18.1 Å². The number of nitrogens with one attached hydrogen (secondary N) is 1. The topological polar surface area (TPSA) is 113 Å². The van der Waals surface area contributed by atoms with Crippen LogP contribution in [-0.4, -0.2) is 49.8 Å². The predicted molar refractivity (Wildman–Crippen MR) is 114 cm³/mol. The number of methoxy groups -OCH3 is 3. The Morgan fingerprint density at radius 2 is 1.81 bits per heavy atom. The fourth-order valence-corrected chi connectivity index (χ4v) is 2.89. The number of nitrogens with zero attached hydrogens (tertiary/aromatic N) is 3. The van der Waals surface area contributed by atoms with Crippen LogP contribution in [0.4, 0.5) is 0 Å². The number of benzene rings is 2. The fourth-order valence-electron chi connectivity index (χ4n) is 2.89. The van der Waals surface area contributed by atoms with Gasteiger partial charge in [0.1, 0.15) is 5.82 Å². The summed E-state index contributed by atoms with van der Waals surface area (Å²) in [6.45, 7) is 1.20. The van der Waals surface area contributed by atoms with Crippen LogP contribution in [0.5, 0.6) is 17.2 Å². The number of carbonyl (C=O) groups is 1. The highest BCUT2D eigenvalue weighted by Crippen LogP contribution is 2.37. The molecule has 3 rings (SSSR count). The summed E-state index contributed by atoms with van der Waals surface area (Å²) >= 11 is 0. The number of amides is 1. The molecule has 1 aromatic heterocycles. The lowest BCUT2D eigenvalue weighted by molar-refractivity contribution is -0.126. The Bertz CT molecular complexity index is 1160. The third kappa shape index (κ3) is 4.74. The normalized spacial score (nSPS) is 10.8. The quantitative estimate of drug-likeness (QED) is 0.427. The molecule has 10 heteroatoms. The number of hydrazone groups is 1. The van der Waals surface area contributed by atoms with E-state index in [1.807, 2.05) is 0 Å². The van der Waals surface area contributed by atoms with E-state index in [4.69, 9.17) is 19.0 Å². The number of fused-ring (bicyclic) bond motifs is 1. The zero-order chi connectivity index (χ0) is 22.4. The molecule has 0 aliphatic carbocycles. The summed E-state index contributed by atoms with van der Waals surface area (Å²) in [6, 6.07) is 10.3. The van der Waals surface area contributed by atoms with Crippen molar-refractivity contribution in [3.05, 3.63) is 58.1 Å². The minimum absolute atomic E-state index is 0.331. The summed E-state index contributed by atoms with van der Waals surface area (Å²) in [4.78, 5) is 34.3. The molecular weight excluding hydrogens is 404 g/mol. The Kier molecular flexibility index (Phi) is 6.71. The van der Waals surface area contributed by atoms with Crippen molar-refractivity contribution in [2.24, 2.45) is 5.10 Å². The first-order chi connectivity index (χ1) is 15.0. The van der Waals surface area contributed by atoms with Crippen molar-refractivity contribution in [2.75, 3.05) is 27.9 Å². The summed E-state index contributed by atoms with van der Waals surface area (Å²) in [7, 11) is 4.51. The van der Waals surface area contributed by atoms with Crippen molar-refractivity contribution in [1.82, 2.24) is 15.1 Å². The van der Waals surface area contributed by atoms with Gasteiger partial charge >= 0.3 is 0 Å². The zero-order valence-electron chi connectivity index (χ0n) is 17.5. The van der Waals surface area contributed by atoms with E-state index in [0.717, 1.165) is 4.73 Å². The van der Waals surface area contributed by atoms with E-state index in [2.05, 4.69) is 15.5 Å². The van der Waals surface area contributed by atoms with Gasteiger partial charge in [-0.3, -0.25) is 9.59 Å². The second-order valence-electron chi connectivity index (χ2n) is 6.30. The third-order valence-corrected chi connectivity index (χ3v) is 4.31. The lowest BCUT2D eigenvalue weighted by Crippen LogP contribution is -2.35. The van der Waals surface area contributed by atoms with Gasteiger partial charge in [-0.05, 0) is 31.2 Å². The molecule has 0 atom stereocenters. The number of carbonyl (C=O) groups excluding carboxylic acids is 1. The van der Waals surface area contributed by atoms with Crippen LogP contribution >= 0.6 is 0 Å². The average molecular weight is 426 g/mol. The SMILES string of the molecule is COc1cc(C=NNC(=O)COn2c(C)nc3ccccc3c2=O)cc(OC)c1OC. The molecule has 10 nitrogen and oxygen atoms in total. The van der Waals surface area contributed by atoms with E-state index in [9.17, 15) is 9.59 Å². The third-order valence-electron chi connectivity index (χ3n) is 4.31. The van der Waals surface area contributed by atoms with Crippen molar-refractivity contribution in [3.63, 3.8) is 0 Å². The molecule has 0 saturated carbocycles. The number of hydrogen-bond donors (Lipinski definition) is 1. The van der Waals surface area contributed by atoms with Gasteiger partial charge in [-0.2, -0.15) is 5.10 Å². The molecule has 3 aromatic rings. The number of aryl methyl sites for hydroxylation is 1. The largest absolute Gasteiger partial charge is 0.493 e. The van der Waals surface area contributed by atoms with Crippen LogP contribution in [0.2, 0.25) is 0 Å². The van der Waals surface area contributed by atoms with Crippen molar-refractivity contribution < 1.29 is 23.8 Å². The van der Waals surface area contributed by atoms with Crippen molar-refractivity contribution in [1.29, 1.82) is 0 Å². The lowest BCUT2D eigenvalue weighted by Gasteiger charge is -2.12. The monoisotopic (exact) mass is 426 g/mol. The number of ether oxygens (including phenoxy) is 3. The average Bonchev–Trinajstić information content (AvgIpc) is 2.78. The molecule has 1 amide bonds. The van der Waals surface area contributed by atoms with E-state index >= 15 is 0 Å². The van der Waals surface area contributed by atoms with Gasteiger partial charge in [0.25, 0.3) is 11.5 Å². The molecule has 0 radical (unpaired) electrons. The van der Waals surface area contributed by atoms with Crippen molar-refractivity contribution >= 4 is 23.0 Å². The number of para-hydroxylation sites is 1. The van der Waals surface area contributed by atoms with E-state index in [1.165, 1.54) is 27.5 Å².